The molecule has 4 heteroatoms. The maximum atomic E-state index is 4.61. The summed E-state index contributed by atoms with van der Waals surface area (Å²) in [5.74, 6) is 0. The minimum atomic E-state index is 0.632. The first-order chi connectivity index (χ1) is 17.1. The zero-order chi connectivity index (χ0) is 23.8. The number of pyridine rings is 1. The molecule has 1 N–H and O–H groups in total. The van der Waals surface area contributed by atoms with Gasteiger partial charge in [-0.25, -0.2) is 0 Å². The molecule has 1 aliphatic rings. The Kier molecular flexibility index (Phi) is 5.59. The van der Waals surface area contributed by atoms with Crippen LogP contribution in [0, 0.1) is 0 Å². The third-order valence-electron chi connectivity index (χ3n) is 7.23. The zero-order valence-electron chi connectivity index (χ0n) is 20.3. The minimum absolute atomic E-state index is 0.632. The molecular weight excluding hydrogens is 428 g/mol. The lowest BCUT2D eigenvalue weighted by molar-refractivity contribution is 0.315. The van der Waals surface area contributed by atoms with Crippen molar-refractivity contribution < 1.29 is 0 Å². The standard InChI is InChI=1S/C31H30N4/c1-34(2)28-16-18-35(21-28)27-12-10-26(11-13-27)33-31-15-17-32-30-14-9-25(20-29(30)31)24-8-7-22-5-3-4-6-23(22)19-24/h3-15,17,19-20,28H,16,18,21H2,1-2H3,(H,32,33)/t28-/m0/s1. The second-order valence-electron chi connectivity index (χ2n) is 9.68. The first kappa shape index (κ1) is 21.6. The molecule has 1 aromatic heterocycles. The number of aromatic nitrogens is 1. The van der Waals surface area contributed by atoms with Crippen molar-refractivity contribution in [2.45, 2.75) is 12.5 Å². The molecule has 35 heavy (non-hydrogen) atoms. The predicted molar refractivity (Wildman–Crippen MR) is 149 cm³/mol. The number of fused-ring (bicyclic) bond motifs is 2. The Hall–Kier alpha value is -3.89. The lowest BCUT2D eigenvalue weighted by Gasteiger charge is -2.22. The Balaban J connectivity index is 1.27. The van der Waals surface area contributed by atoms with E-state index in [2.05, 4.69) is 125 Å². The Morgan fingerprint density at radius 3 is 2.40 bits per heavy atom. The van der Waals surface area contributed by atoms with Gasteiger partial charge in [0.05, 0.1) is 5.52 Å². The maximum absolute atomic E-state index is 4.61. The Morgan fingerprint density at radius 1 is 0.829 bits per heavy atom. The van der Waals surface area contributed by atoms with E-state index in [-0.39, 0.29) is 0 Å². The van der Waals surface area contributed by atoms with Crippen molar-refractivity contribution >= 4 is 38.7 Å². The fraction of sp³-hybridized carbons (Fsp3) is 0.194. The van der Waals surface area contributed by atoms with Gasteiger partial charge < -0.3 is 15.1 Å². The minimum Gasteiger partial charge on any atom is -0.370 e. The van der Waals surface area contributed by atoms with Crippen LogP contribution in [0.4, 0.5) is 17.1 Å². The highest BCUT2D eigenvalue weighted by molar-refractivity contribution is 5.96. The molecule has 4 nitrogen and oxygen atoms in total. The number of anilines is 3. The topological polar surface area (TPSA) is 31.4 Å². The molecule has 1 saturated heterocycles. The van der Waals surface area contributed by atoms with Crippen LogP contribution < -0.4 is 10.2 Å². The van der Waals surface area contributed by atoms with Gasteiger partial charge in [0.1, 0.15) is 0 Å². The smallest absolute Gasteiger partial charge is 0.0723 e. The summed E-state index contributed by atoms with van der Waals surface area (Å²) in [4.78, 5) is 9.41. The number of hydrogen-bond acceptors (Lipinski definition) is 4. The fourth-order valence-corrected chi connectivity index (χ4v) is 5.11. The summed E-state index contributed by atoms with van der Waals surface area (Å²) in [6, 6.07) is 33.2. The van der Waals surface area contributed by atoms with Crippen LogP contribution in [0.25, 0.3) is 32.8 Å². The Labute approximate surface area is 206 Å². The van der Waals surface area contributed by atoms with E-state index >= 15 is 0 Å². The van der Waals surface area contributed by atoms with Crippen LogP contribution in [0.1, 0.15) is 6.42 Å². The van der Waals surface area contributed by atoms with Gasteiger partial charge in [-0.1, -0.05) is 42.5 Å². The van der Waals surface area contributed by atoms with E-state index in [1.807, 2.05) is 6.20 Å². The van der Waals surface area contributed by atoms with Gasteiger partial charge in [-0.05, 0) is 90.9 Å². The number of nitrogens with zero attached hydrogens (tertiary/aromatic N) is 3. The highest BCUT2D eigenvalue weighted by atomic mass is 15.2. The normalized spacial score (nSPS) is 15.9. The molecule has 0 aliphatic carbocycles. The summed E-state index contributed by atoms with van der Waals surface area (Å²) >= 11 is 0. The van der Waals surface area contributed by atoms with Gasteiger partial charge in [0, 0.05) is 47.8 Å². The van der Waals surface area contributed by atoms with E-state index in [0.29, 0.717) is 6.04 Å². The maximum Gasteiger partial charge on any atom is 0.0723 e. The number of hydrogen-bond donors (Lipinski definition) is 1. The van der Waals surface area contributed by atoms with Gasteiger partial charge in [0.15, 0.2) is 0 Å². The van der Waals surface area contributed by atoms with E-state index < -0.39 is 0 Å². The summed E-state index contributed by atoms with van der Waals surface area (Å²) in [6.45, 7) is 2.20. The Morgan fingerprint density at radius 2 is 1.60 bits per heavy atom. The molecule has 2 heterocycles. The van der Waals surface area contributed by atoms with Crippen LogP contribution >= 0.6 is 0 Å². The summed E-state index contributed by atoms with van der Waals surface area (Å²) in [5.41, 5.74) is 6.84. The van der Waals surface area contributed by atoms with E-state index in [4.69, 9.17) is 0 Å². The van der Waals surface area contributed by atoms with Crippen molar-refractivity contribution in [2.24, 2.45) is 0 Å². The lowest BCUT2D eigenvalue weighted by Crippen LogP contribution is -2.31. The van der Waals surface area contributed by atoms with Crippen molar-refractivity contribution in [3.63, 3.8) is 0 Å². The van der Waals surface area contributed by atoms with Crippen molar-refractivity contribution in [3.05, 3.63) is 97.2 Å². The summed E-state index contributed by atoms with van der Waals surface area (Å²) in [7, 11) is 4.34. The average molecular weight is 459 g/mol. The molecule has 0 saturated carbocycles. The molecule has 0 unspecified atom stereocenters. The summed E-state index contributed by atoms with van der Waals surface area (Å²) in [5, 5.41) is 7.27. The van der Waals surface area contributed by atoms with Crippen molar-refractivity contribution in [1.82, 2.24) is 9.88 Å². The van der Waals surface area contributed by atoms with Crippen molar-refractivity contribution in [3.8, 4) is 11.1 Å². The van der Waals surface area contributed by atoms with Crippen molar-refractivity contribution in [2.75, 3.05) is 37.4 Å². The fourth-order valence-electron chi connectivity index (χ4n) is 5.11. The van der Waals surface area contributed by atoms with Crippen LogP contribution in [0.5, 0.6) is 0 Å². The molecule has 0 spiro atoms. The van der Waals surface area contributed by atoms with Gasteiger partial charge >= 0.3 is 0 Å². The molecule has 4 aromatic carbocycles. The average Bonchev–Trinajstić information content (AvgIpc) is 3.40. The third-order valence-corrected chi connectivity index (χ3v) is 7.23. The molecule has 0 amide bonds. The molecular formula is C31H30N4. The SMILES string of the molecule is CN(C)[C@H]1CCN(c2ccc(Nc3ccnc4ccc(-c5ccc6ccccc6c5)cc34)cc2)C1. The molecule has 1 atom stereocenters. The number of rotatable bonds is 5. The van der Waals surface area contributed by atoms with Gasteiger partial charge in [-0.15, -0.1) is 0 Å². The van der Waals surface area contributed by atoms with Gasteiger partial charge in [-0.2, -0.15) is 0 Å². The molecule has 1 fully saturated rings. The monoisotopic (exact) mass is 458 g/mol. The van der Waals surface area contributed by atoms with E-state index in [9.17, 15) is 0 Å². The largest absolute Gasteiger partial charge is 0.370 e. The highest BCUT2D eigenvalue weighted by Crippen LogP contribution is 2.32. The first-order valence-electron chi connectivity index (χ1n) is 12.3. The molecule has 6 rings (SSSR count). The summed E-state index contributed by atoms with van der Waals surface area (Å²) < 4.78 is 0. The quantitative estimate of drug-likeness (QED) is 0.309. The summed E-state index contributed by atoms with van der Waals surface area (Å²) in [6.07, 6.45) is 3.09. The van der Waals surface area contributed by atoms with Crippen LogP contribution in [0.2, 0.25) is 0 Å². The van der Waals surface area contributed by atoms with Crippen LogP contribution in [-0.4, -0.2) is 43.1 Å². The number of benzene rings is 4. The van der Waals surface area contributed by atoms with Crippen LogP contribution in [-0.2, 0) is 0 Å². The van der Waals surface area contributed by atoms with Crippen LogP contribution in [0.3, 0.4) is 0 Å². The van der Waals surface area contributed by atoms with E-state index in [0.717, 1.165) is 35.4 Å². The third kappa shape index (κ3) is 4.33. The lowest BCUT2D eigenvalue weighted by atomic mass is 9.99. The van der Waals surface area contributed by atoms with Crippen molar-refractivity contribution in [1.29, 1.82) is 0 Å². The Bertz CT molecular complexity index is 1490. The molecule has 0 radical (unpaired) electrons. The highest BCUT2D eigenvalue weighted by Gasteiger charge is 2.23. The van der Waals surface area contributed by atoms with E-state index in [1.165, 1.54) is 34.0 Å². The molecule has 174 valence electrons. The van der Waals surface area contributed by atoms with E-state index in [1.54, 1.807) is 0 Å². The van der Waals surface area contributed by atoms with Crippen LogP contribution in [0.15, 0.2) is 97.2 Å². The number of nitrogens with one attached hydrogen (secondary N) is 1. The van der Waals surface area contributed by atoms with Gasteiger partial charge in [0.2, 0.25) is 0 Å². The zero-order valence-corrected chi connectivity index (χ0v) is 20.3. The first-order valence-corrected chi connectivity index (χ1v) is 12.3. The molecule has 5 aromatic rings. The second-order valence-corrected chi connectivity index (χ2v) is 9.68. The second kappa shape index (κ2) is 9.05. The van der Waals surface area contributed by atoms with Gasteiger partial charge in [0.25, 0.3) is 0 Å². The molecule has 1 aliphatic heterocycles. The predicted octanol–water partition coefficient (Wildman–Crippen LogP) is 6.94. The number of likely N-dealkylation sites (N-methyl/N-ethyl adjacent to an activating group) is 1. The molecule has 0 bridgehead atoms. The van der Waals surface area contributed by atoms with Gasteiger partial charge in [-0.3, -0.25) is 4.98 Å².